The highest BCUT2D eigenvalue weighted by Gasteiger charge is 2.25. The highest BCUT2D eigenvalue weighted by molar-refractivity contribution is 6.45. The zero-order valence-corrected chi connectivity index (χ0v) is 15.8. The Bertz CT molecular complexity index is 821. The van der Waals surface area contributed by atoms with Crippen LogP contribution in [0.3, 0.4) is 0 Å². The summed E-state index contributed by atoms with van der Waals surface area (Å²) in [5, 5.41) is 9.88. The van der Waals surface area contributed by atoms with E-state index < -0.39 is 17.6 Å². The molecule has 0 fully saturated rings. The first-order valence-corrected chi connectivity index (χ1v) is 8.10. The Morgan fingerprint density at radius 2 is 1.88 bits per heavy atom. The number of hydrogen-bond acceptors (Lipinski definition) is 5. The Morgan fingerprint density at radius 3 is 2.48 bits per heavy atom. The summed E-state index contributed by atoms with van der Waals surface area (Å²) in [5.74, 6) is -0.880. The molecule has 0 aliphatic carbocycles. The Labute approximate surface area is 158 Å². The lowest BCUT2D eigenvalue weighted by molar-refractivity contribution is 0.0598. The number of phenols is 1. The molecular weight excluding hydrogens is 393 g/mol. The van der Waals surface area contributed by atoms with Crippen molar-refractivity contribution in [2.75, 3.05) is 14.2 Å². The second-order valence-electron chi connectivity index (χ2n) is 5.21. The maximum atomic E-state index is 12.6. The van der Waals surface area contributed by atoms with Crippen LogP contribution in [-0.4, -0.2) is 36.0 Å². The van der Waals surface area contributed by atoms with Gasteiger partial charge >= 0.3 is 5.97 Å². The van der Waals surface area contributed by atoms with Crippen molar-refractivity contribution in [2.45, 2.75) is 13.5 Å². The normalized spacial score (nSPS) is 10.6. The number of aromatic hydroxyl groups is 1. The number of amides is 1. The molecule has 1 amide bonds. The number of rotatable bonds is 4. The number of ether oxygens (including phenoxy) is 1. The third-order valence-corrected chi connectivity index (χ3v) is 4.55. The standard InChI is InChI=1S/C16H14Cl3NO5/c1-7-9(16(23)24-3)4-8(25-7)6-20(2)15(22)12-13(19)10(17)5-11(18)14(12)21/h4-5,21H,6H2,1-3H3. The fourth-order valence-corrected chi connectivity index (χ4v) is 2.90. The minimum atomic E-state index is -0.611. The zero-order chi connectivity index (χ0) is 18.9. The molecule has 1 aromatic heterocycles. The van der Waals surface area contributed by atoms with E-state index in [1.807, 2.05) is 0 Å². The first-order chi connectivity index (χ1) is 11.7. The third kappa shape index (κ3) is 3.86. The second kappa shape index (κ2) is 7.56. The van der Waals surface area contributed by atoms with E-state index in [4.69, 9.17) is 39.2 Å². The molecular formula is C16H14Cl3NO5. The van der Waals surface area contributed by atoms with Crippen molar-refractivity contribution >= 4 is 46.7 Å². The molecule has 1 aromatic carbocycles. The van der Waals surface area contributed by atoms with Gasteiger partial charge in [0.15, 0.2) is 0 Å². The summed E-state index contributed by atoms with van der Waals surface area (Å²) in [7, 11) is 2.74. The summed E-state index contributed by atoms with van der Waals surface area (Å²) in [6, 6.07) is 2.73. The maximum Gasteiger partial charge on any atom is 0.341 e. The Hall–Kier alpha value is -1.89. The lowest BCUT2D eigenvalue weighted by Gasteiger charge is -2.18. The smallest absolute Gasteiger partial charge is 0.341 e. The first-order valence-electron chi connectivity index (χ1n) is 6.96. The van der Waals surface area contributed by atoms with Crippen molar-refractivity contribution in [3.05, 3.63) is 49.8 Å². The molecule has 0 unspecified atom stereocenters. The molecule has 2 aromatic rings. The lowest BCUT2D eigenvalue weighted by atomic mass is 10.1. The predicted molar refractivity (Wildman–Crippen MR) is 93.7 cm³/mol. The van der Waals surface area contributed by atoms with Gasteiger partial charge in [0.1, 0.15) is 28.4 Å². The van der Waals surface area contributed by atoms with Gasteiger partial charge in [-0.15, -0.1) is 0 Å². The quantitative estimate of drug-likeness (QED) is 0.604. The highest BCUT2D eigenvalue weighted by Crippen LogP contribution is 2.39. The molecule has 0 aliphatic rings. The largest absolute Gasteiger partial charge is 0.505 e. The molecule has 1 N–H and O–H groups in total. The van der Waals surface area contributed by atoms with Gasteiger partial charge in [0.25, 0.3) is 5.91 Å². The molecule has 0 atom stereocenters. The van der Waals surface area contributed by atoms with Crippen LogP contribution in [0.5, 0.6) is 5.75 Å². The molecule has 134 valence electrons. The number of halogens is 3. The van der Waals surface area contributed by atoms with Crippen LogP contribution in [-0.2, 0) is 11.3 Å². The van der Waals surface area contributed by atoms with Crippen molar-refractivity contribution in [1.82, 2.24) is 4.90 Å². The minimum absolute atomic E-state index is 0.0244. The summed E-state index contributed by atoms with van der Waals surface area (Å²) in [5.41, 5.74) is 0.0585. The summed E-state index contributed by atoms with van der Waals surface area (Å²) in [6.07, 6.45) is 0. The number of hydrogen-bond donors (Lipinski definition) is 1. The number of nitrogens with zero attached hydrogens (tertiary/aromatic N) is 1. The van der Waals surface area contributed by atoms with Gasteiger partial charge < -0.3 is 19.2 Å². The maximum absolute atomic E-state index is 12.6. The van der Waals surface area contributed by atoms with Gasteiger partial charge in [0, 0.05) is 7.05 Å². The van der Waals surface area contributed by atoms with E-state index >= 15 is 0 Å². The van der Waals surface area contributed by atoms with Crippen molar-refractivity contribution in [2.24, 2.45) is 0 Å². The average molecular weight is 407 g/mol. The van der Waals surface area contributed by atoms with Gasteiger partial charge in [-0.05, 0) is 19.1 Å². The Balaban J connectivity index is 2.29. The monoisotopic (exact) mass is 405 g/mol. The number of methoxy groups -OCH3 is 1. The van der Waals surface area contributed by atoms with Gasteiger partial charge in [0.2, 0.25) is 0 Å². The third-order valence-electron chi connectivity index (χ3n) is 3.47. The van der Waals surface area contributed by atoms with Crippen LogP contribution >= 0.6 is 34.8 Å². The van der Waals surface area contributed by atoms with E-state index in [1.165, 1.54) is 31.2 Å². The minimum Gasteiger partial charge on any atom is -0.505 e. The second-order valence-corrected chi connectivity index (χ2v) is 6.41. The predicted octanol–water partition coefficient (Wildman–Crippen LogP) is 4.31. The summed E-state index contributed by atoms with van der Waals surface area (Å²) in [4.78, 5) is 25.5. The van der Waals surface area contributed by atoms with Crippen molar-refractivity contribution < 1.29 is 23.8 Å². The van der Waals surface area contributed by atoms with Crippen LogP contribution in [0.2, 0.25) is 15.1 Å². The Morgan fingerprint density at radius 1 is 1.24 bits per heavy atom. The molecule has 0 saturated carbocycles. The SMILES string of the molecule is COC(=O)c1cc(CN(C)C(=O)c2c(O)c(Cl)cc(Cl)c2Cl)oc1C. The number of aryl methyl sites for hydroxylation is 1. The van der Waals surface area contributed by atoms with Gasteiger partial charge in [-0.1, -0.05) is 34.8 Å². The van der Waals surface area contributed by atoms with Gasteiger partial charge in [0.05, 0.1) is 28.7 Å². The zero-order valence-electron chi connectivity index (χ0n) is 13.5. The van der Waals surface area contributed by atoms with Crippen LogP contribution < -0.4 is 0 Å². The molecule has 2 rings (SSSR count). The molecule has 0 radical (unpaired) electrons. The van der Waals surface area contributed by atoms with Crippen LogP contribution in [0.1, 0.15) is 32.2 Å². The van der Waals surface area contributed by atoms with E-state index in [-0.39, 0.29) is 32.7 Å². The molecule has 9 heteroatoms. The number of esters is 1. The highest BCUT2D eigenvalue weighted by atomic mass is 35.5. The fourth-order valence-electron chi connectivity index (χ4n) is 2.21. The van der Waals surface area contributed by atoms with Crippen molar-refractivity contribution in [3.63, 3.8) is 0 Å². The topological polar surface area (TPSA) is 80.0 Å². The average Bonchev–Trinajstić information content (AvgIpc) is 2.92. The van der Waals surface area contributed by atoms with E-state index in [1.54, 1.807) is 6.92 Å². The van der Waals surface area contributed by atoms with Gasteiger partial charge in [-0.2, -0.15) is 0 Å². The van der Waals surface area contributed by atoms with Crippen molar-refractivity contribution in [1.29, 1.82) is 0 Å². The summed E-state index contributed by atoms with van der Waals surface area (Å²) >= 11 is 17.8. The van der Waals surface area contributed by atoms with E-state index in [9.17, 15) is 14.7 Å². The van der Waals surface area contributed by atoms with E-state index in [0.717, 1.165) is 0 Å². The van der Waals surface area contributed by atoms with Crippen molar-refractivity contribution in [3.8, 4) is 5.75 Å². The van der Waals surface area contributed by atoms with Crippen LogP contribution in [0, 0.1) is 6.92 Å². The first kappa shape index (κ1) is 19.4. The van der Waals surface area contributed by atoms with E-state index in [2.05, 4.69) is 4.74 Å². The number of carbonyl (C=O) groups excluding carboxylic acids is 2. The molecule has 0 aliphatic heterocycles. The number of phenolic OH excluding ortho intramolecular Hbond substituents is 1. The fraction of sp³-hybridized carbons (Fsp3) is 0.250. The van der Waals surface area contributed by atoms with Gasteiger partial charge in [-0.25, -0.2) is 4.79 Å². The molecule has 6 nitrogen and oxygen atoms in total. The number of benzene rings is 1. The molecule has 25 heavy (non-hydrogen) atoms. The molecule has 0 bridgehead atoms. The van der Waals surface area contributed by atoms with Crippen LogP contribution in [0.4, 0.5) is 0 Å². The number of furan rings is 1. The Kier molecular flexibility index (Phi) is 5.87. The summed E-state index contributed by atoms with van der Waals surface area (Å²) in [6.45, 7) is 1.63. The lowest BCUT2D eigenvalue weighted by Crippen LogP contribution is -2.26. The van der Waals surface area contributed by atoms with Gasteiger partial charge in [-0.3, -0.25) is 4.79 Å². The summed E-state index contributed by atoms with van der Waals surface area (Å²) < 4.78 is 10.1. The van der Waals surface area contributed by atoms with Crippen LogP contribution in [0.25, 0.3) is 0 Å². The van der Waals surface area contributed by atoms with Crippen LogP contribution in [0.15, 0.2) is 16.5 Å². The van der Waals surface area contributed by atoms with E-state index in [0.29, 0.717) is 11.5 Å². The molecule has 1 heterocycles. The molecule has 0 saturated heterocycles. The number of carbonyl (C=O) groups is 2. The molecule has 0 spiro atoms.